The Morgan fingerprint density at radius 1 is 1.62 bits per heavy atom. The van der Waals surface area contributed by atoms with Gasteiger partial charge in [-0.3, -0.25) is 0 Å². The van der Waals surface area contributed by atoms with E-state index in [0.717, 1.165) is 18.7 Å². The summed E-state index contributed by atoms with van der Waals surface area (Å²) >= 11 is 0. The van der Waals surface area contributed by atoms with Crippen molar-refractivity contribution in [2.45, 2.75) is 19.8 Å². The monoisotopic (exact) mass is 176 g/mol. The van der Waals surface area contributed by atoms with Gasteiger partial charge in [-0.25, -0.2) is 9.97 Å². The second-order valence-electron chi connectivity index (χ2n) is 2.71. The molecular weight excluding hydrogens is 164 g/mol. The minimum Gasteiger partial charge on any atom is -0.354 e. The fraction of sp³-hybridized carbons (Fsp3) is 0.444. The molecule has 4 nitrogen and oxygen atoms in total. The number of anilines is 1. The molecule has 0 atom stereocenters. The Morgan fingerprint density at radius 2 is 2.46 bits per heavy atom. The average Bonchev–Trinajstić information content (AvgIpc) is 2.13. The van der Waals surface area contributed by atoms with Crippen molar-refractivity contribution in [3.8, 4) is 6.07 Å². The highest BCUT2D eigenvalue weighted by Gasteiger charge is 1.93. The molecule has 0 amide bonds. The molecule has 0 unspecified atom stereocenters. The lowest BCUT2D eigenvalue weighted by Gasteiger charge is -2.02. The van der Waals surface area contributed by atoms with Crippen LogP contribution in [0.4, 0.5) is 5.95 Å². The molecule has 0 aromatic carbocycles. The van der Waals surface area contributed by atoms with E-state index >= 15 is 0 Å². The van der Waals surface area contributed by atoms with Crippen LogP contribution in [0.5, 0.6) is 0 Å². The molecule has 13 heavy (non-hydrogen) atoms. The lowest BCUT2D eigenvalue weighted by atomic mass is 10.3. The molecule has 1 aromatic rings. The zero-order valence-electron chi connectivity index (χ0n) is 7.62. The number of nitrogens with zero attached hydrogens (tertiary/aromatic N) is 3. The molecule has 1 rings (SSSR count). The van der Waals surface area contributed by atoms with E-state index in [2.05, 4.69) is 21.4 Å². The maximum absolute atomic E-state index is 8.30. The van der Waals surface area contributed by atoms with Crippen molar-refractivity contribution in [1.82, 2.24) is 9.97 Å². The molecule has 1 aromatic heterocycles. The van der Waals surface area contributed by atoms with Gasteiger partial charge in [0.25, 0.3) is 0 Å². The van der Waals surface area contributed by atoms with E-state index in [1.807, 2.05) is 13.0 Å². The maximum atomic E-state index is 8.30. The molecule has 0 aliphatic carbocycles. The zero-order valence-corrected chi connectivity index (χ0v) is 7.62. The van der Waals surface area contributed by atoms with E-state index < -0.39 is 0 Å². The van der Waals surface area contributed by atoms with Crippen molar-refractivity contribution < 1.29 is 0 Å². The van der Waals surface area contributed by atoms with Crippen LogP contribution in [-0.2, 0) is 0 Å². The van der Waals surface area contributed by atoms with Crippen LogP contribution < -0.4 is 5.32 Å². The number of aromatic nitrogens is 2. The van der Waals surface area contributed by atoms with Gasteiger partial charge in [-0.1, -0.05) is 0 Å². The largest absolute Gasteiger partial charge is 0.354 e. The summed E-state index contributed by atoms with van der Waals surface area (Å²) in [7, 11) is 0. The van der Waals surface area contributed by atoms with Gasteiger partial charge in [0.1, 0.15) is 0 Å². The molecular formula is C9H12N4. The predicted molar refractivity (Wildman–Crippen MR) is 50.1 cm³/mol. The molecule has 0 aliphatic heterocycles. The van der Waals surface area contributed by atoms with Crippen molar-refractivity contribution in [1.29, 1.82) is 5.26 Å². The Hall–Kier alpha value is -1.63. The molecule has 0 aliphatic rings. The Bertz CT molecular complexity index is 303. The molecule has 68 valence electrons. The lowest BCUT2D eigenvalue weighted by Crippen LogP contribution is -2.05. The smallest absolute Gasteiger partial charge is 0.222 e. The van der Waals surface area contributed by atoms with Gasteiger partial charge < -0.3 is 5.32 Å². The first-order valence-corrected chi connectivity index (χ1v) is 4.23. The molecule has 0 saturated carbocycles. The minimum atomic E-state index is 0.568. The van der Waals surface area contributed by atoms with Crippen LogP contribution in [-0.4, -0.2) is 16.5 Å². The lowest BCUT2D eigenvalue weighted by molar-refractivity contribution is 0.881. The fourth-order valence-electron chi connectivity index (χ4n) is 0.902. The van der Waals surface area contributed by atoms with E-state index in [4.69, 9.17) is 5.26 Å². The number of aryl methyl sites for hydroxylation is 1. The molecule has 4 heteroatoms. The second-order valence-corrected chi connectivity index (χ2v) is 2.71. The number of nitriles is 1. The van der Waals surface area contributed by atoms with Gasteiger partial charge >= 0.3 is 0 Å². The van der Waals surface area contributed by atoms with Crippen LogP contribution in [0, 0.1) is 18.3 Å². The number of hydrogen-bond donors (Lipinski definition) is 1. The van der Waals surface area contributed by atoms with Crippen molar-refractivity contribution in [2.75, 3.05) is 11.9 Å². The Morgan fingerprint density at radius 3 is 3.15 bits per heavy atom. The molecule has 1 N–H and O–H groups in total. The summed E-state index contributed by atoms with van der Waals surface area (Å²) in [4.78, 5) is 8.20. The molecule has 1 heterocycles. The highest BCUT2D eigenvalue weighted by molar-refractivity contribution is 5.24. The van der Waals surface area contributed by atoms with E-state index in [1.165, 1.54) is 0 Å². The Balaban J connectivity index is 2.33. The Kier molecular flexibility index (Phi) is 3.71. The number of rotatable bonds is 4. The van der Waals surface area contributed by atoms with Gasteiger partial charge in [-0.2, -0.15) is 5.26 Å². The Labute approximate surface area is 77.6 Å². The van der Waals surface area contributed by atoms with Crippen LogP contribution in [0.3, 0.4) is 0 Å². The first-order chi connectivity index (χ1) is 6.33. The van der Waals surface area contributed by atoms with Gasteiger partial charge in [0, 0.05) is 24.9 Å². The first-order valence-electron chi connectivity index (χ1n) is 4.23. The standard InChI is InChI=1S/C9H12N4/c1-8-4-7-12-9(13-8)11-6-3-2-5-10/h4,7H,2-3,6H2,1H3,(H,11,12,13). The molecule has 0 spiro atoms. The number of unbranched alkanes of at least 4 members (excludes halogenated alkanes) is 1. The second kappa shape index (κ2) is 5.09. The normalized spacial score (nSPS) is 9.23. The third kappa shape index (κ3) is 3.52. The van der Waals surface area contributed by atoms with Gasteiger partial charge in [0.2, 0.25) is 5.95 Å². The van der Waals surface area contributed by atoms with E-state index in [0.29, 0.717) is 12.4 Å². The highest BCUT2D eigenvalue weighted by Crippen LogP contribution is 1.98. The van der Waals surface area contributed by atoms with E-state index in [-0.39, 0.29) is 0 Å². The predicted octanol–water partition coefficient (Wildman–Crippen LogP) is 1.50. The quantitative estimate of drug-likeness (QED) is 0.706. The van der Waals surface area contributed by atoms with Gasteiger partial charge in [0.05, 0.1) is 6.07 Å². The fourth-order valence-corrected chi connectivity index (χ4v) is 0.902. The summed E-state index contributed by atoms with van der Waals surface area (Å²) < 4.78 is 0. The summed E-state index contributed by atoms with van der Waals surface area (Å²) in [6.45, 7) is 2.67. The van der Waals surface area contributed by atoms with Gasteiger partial charge in [-0.15, -0.1) is 0 Å². The third-order valence-electron chi connectivity index (χ3n) is 1.54. The van der Waals surface area contributed by atoms with Crippen LogP contribution in [0.1, 0.15) is 18.5 Å². The molecule has 0 saturated heterocycles. The van der Waals surface area contributed by atoms with Crippen molar-refractivity contribution in [3.05, 3.63) is 18.0 Å². The van der Waals surface area contributed by atoms with Crippen LogP contribution in [0.2, 0.25) is 0 Å². The van der Waals surface area contributed by atoms with Crippen LogP contribution >= 0.6 is 0 Å². The van der Waals surface area contributed by atoms with Gasteiger partial charge in [0.15, 0.2) is 0 Å². The number of nitrogens with one attached hydrogen (secondary N) is 1. The van der Waals surface area contributed by atoms with E-state index in [1.54, 1.807) is 6.20 Å². The topological polar surface area (TPSA) is 61.6 Å². The van der Waals surface area contributed by atoms with Crippen molar-refractivity contribution in [3.63, 3.8) is 0 Å². The summed E-state index contributed by atoms with van der Waals surface area (Å²) in [5.41, 5.74) is 0.942. The summed E-state index contributed by atoms with van der Waals surface area (Å²) in [5, 5.41) is 11.3. The van der Waals surface area contributed by atoms with Gasteiger partial charge in [-0.05, 0) is 19.4 Å². The third-order valence-corrected chi connectivity index (χ3v) is 1.54. The first kappa shape index (κ1) is 9.46. The highest BCUT2D eigenvalue weighted by atomic mass is 15.1. The molecule has 0 fully saturated rings. The van der Waals surface area contributed by atoms with Crippen molar-refractivity contribution >= 4 is 5.95 Å². The summed E-state index contributed by atoms with van der Waals surface area (Å²) in [6.07, 6.45) is 3.11. The summed E-state index contributed by atoms with van der Waals surface area (Å²) in [5.74, 6) is 0.637. The van der Waals surface area contributed by atoms with Crippen LogP contribution in [0.15, 0.2) is 12.3 Å². The SMILES string of the molecule is Cc1ccnc(NCCCC#N)n1. The maximum Gasteiger partial charge on any atom is 0.222 e. The average molecular weight is 176 g/mol. The van der Waals surface area contributed by atoms with Crippen LogP contribution in [0.25, 0.3) is 0 Å². The van der Waals surface area contributed by atoms with E-state index in [9.17, 15) is 0 Å². The summed E-state index contributed by atoms with van der Waals surface area (Å²) in [6, 6.07) is 3.93. The van der Waals surface area contributed by atoms with Crippen molar-refractivity contribution in [2.24, 2.45) is 0 Å². The zero-order chi connectivity index (χ0) is 9.52. The number of hydrogen-bond acceptors (Lipinski definition) is 4. The molecule has 0 bridgehead atoms. The molecule has 0 radical (unpaired) electrons. The minimum absolute atomic E-state index is 0.568.